The quantitative estimate of drug-likeness (QED) is 0.768. The van der Waals surface area contributed by atoms with E-state index in [-0.39, 0.29) is 23.8 Å². The molecule has 2 N–H and O–H groups in total. The maximum absolute atomic E-state index is 13.6. The van der Waals surface area contributed by atoms with Crippen LogP contribution in [0.2, 0.25) is 0 Å². The topological polar surface area (TPSA) is 78.5 Å². The van der Waals surface area contributed by atoms with Crippen LogP contribution in [-0.4, -0.2) is 23.8 Å². The number of para-hydroxylation sites is 1. The summed E-state index contributed by atoms with van der Waals surface area (Å²) >= 11 is 0. The van der Waals surface area contributed by atoms with E-state index in [0.29, 0.717) is 16.9 Å². The fourth-order valence-corrected chi connectivity index (χ4v) is 5.11. The first kappa shape index (κ1) is 18.0. The van der Waals surface area contributed by atoms with Crippen molar-refractivity contribution in [2.75, 3.05) is 10.2 Å². The number of nitrogens with zero attached hydrogens (tertiary/aromatic N) is 1. The van der Waals surface area contributed by atoms with Crippen LogP contribution in [0.3, 0.4) is 0 Å². The molecule has 3 aliphatic rings. The molecule has 0 saturated carbocycles. The van der Waals surface area contributed by atoms with Crippen LogP contribution in [0.25, 0.3) is 0 Å². The van der Waals surface area contributed by atoms with Crippen molar-refractivity contribution in [3.05, 3.63) is 59.9 Å². The molecule has 2 aromatic rings. The van der Waals surface area contributed by atoms with Crippen LogP contribution in [-0.2, 0) is 19.9 Å². The van der Waals surface area contributed by atoms with E-state index in [1.54, 1.807) is 6.07 Å². The Morgan fingerprint density at radius 1 is 1.00 bits per heavy atom. The second-order valence-electron chi connectivity index (χ2n) is 8.21. The van der Waals surface area contributed by atoms with Crippen molar-refractivity contribution in [2.45, 2.75) is 25.4 Å². The number of fused-ring (bicyclic) bond motifs is 4. The molecule has 2 fully saturated rings. The number of anilines is 2. The van der Waals surface area contributed by atoms with Crippen LogP contribution < -0.4 is 15.5 Å². The SMILES string of the molecule is CC(C)[C@H]1N[C@]2(C(=O)Nc3ccccc32)[C@H]2C(=O)N(c3ccc(F)cc3)C(=O)[C@H]12. The van der Waals surface area contributed by atoms with Gasteiger partial charge in [-0.05, 0) is 36.2 Å². The molecule has 1 spiro atoms. The average molecular weight is 393 g/mol. The van der Waals surface area contributed by atoms with Crippen molar-refractivity contribution in [1.82, 2.24) is 5.32 Å². The molecule has 3 amide bonds. The van der Waals surface area contributed by atoms with Crippen LogP contribution in [0.1, 0.15) is 19.4 Å². The molecule has 2 aromatic carbocycles. The molecular weight excluding hydrogens is 373 g/mol. The molecule has 148 valence electrons. The minimum Gasteiger partial charge on any atom is -0.324 e. The first-order valence-corrected chi connectivity index (χ1v) is 9.68. The van der Waals surface area contributed by atoms with Gasteiger partial charge in [0, 0.05) is 17.3 Å². The smallest absolute Gasteiger partial charge is 0.250 e. The van der Waals surface area contributed by atoms with Crippen LogP contribution in [0.15, 0.2) is 48.5 Å². The van der Waals surface area contributed by atoms with E-state index in [4.69, 9.17) is 0 Å². The van der Waals surface area contributed by atoms with Gasteiger partial charge in [-0.15, -0.1) is 0 Å². The minimum absolute atomic E-state index is 0.0207. The predicted octanol–water partition coefficient (Wildman–Crippen LogP) is 2.41. The fourth-order valence-electron chi connectivity index (χ4n) is 5.11. The van der Waals surface area contributed by atoms with Crippen molar-refractivity contribution < 1.29 is 18.8 Å². The van der Waals surface area contributed by atoms with Gasteiger partial charge in [-0.3, -0.25) is 19.7 Å². The van der Waals surface area contributed by atoms with E-state index in [0.717, 1.165) is 4.90 Å². The molecule has 6 nitrogen and oxygen atoms in total. The number of rotatable bonds is 2. The van der Waals surface area contributed by atoms with Gasteiger partial charge in [0.15, 0.2) is 0 Å². The Morgan fingerprint density at radius 2 is 1.69 bits per heavy atom. The molecule has 5 rings (SSSR count). The molecule has 4 atom stereocenters. The predicted molar refractivity (Wildman–Crippen MR) is 104 cm³/mol. The van der Waals surface area contributed by atoms with E-state index >= 15 is 0 Å². The fraction of sp³-hybridized carbons (Fsp3) is 0.318. The van der Waals surface area contributed by atoms with Gasteiger partial charge in [-0.1, -0.05) is 32.0 Å². The molecule has 0 radical (unpaired) electrons. The summed E-state index contributed by atoms with van der Waals surface area (Å²) in [7, 11) is 0. The lowest BCUT2D eigenvalue weighted by atomic mass is 9.76. The third kappa shape index (κ3) is 2.22. The highest BCUT2D eigenvalue weighted by Crippen LogP contribution is 2.54. The standard InChI is InChI=1S/C22H20FN3O3/c1-11(2)18-16-17(20(28)26(19(16)27)13-9-7-12(23)8-10-13)22(25-18)14-5-3-4-6-15(14)24-21(22)29/h3-11,16-18,25H,1-2H3,(H,24,29)/t16-,17+,18+,22-/m0/s1. The summed E-state index contributed by atoms with van der Waals surface area (Å²) in [5.74, 6) is -3.08. The summed E-state index contributed by atoms with van der Waals surface area (Å²) in [6, 6.07) is 12.2. The summed E-state index contributed by atoms with van der Waals surface area (Å²) in [5.41, 5.74) is 0.358. The minimum atomic E-state index is -1.29. The van der Waals surface area contributed by atoms with Crippen molar-refractivity contribution in [1.29, 1.82) is 0 Å². The zero-order chi connectivity index (χ0) is 20.5. The number of hydrogen-bond acceptors (Lipinski definition) is 4. The highest BCUT2D eigenvalue weighted by atomic mass is 19.1. The summed E-state index contributed by atoms with van der Waals surface area (Å²) in [6.07, 6.45) is 0. The van der Waals surface area contributed by atoms with Gasteiger partial charge in [-0.25, -0.2) is 9.29 Å². The van der Waals surface area contributed by atoms with Gasteiger partial charge in [0.25, 0.3) is 0 Å². The monoisotopic (exact) mass is 393 g/mol. The lowest BCUT2D eigenvalue weighted by Gasteiger charge is -2.30. The van der Waals surface area contributed by atoms with Gasteiger partial charge < -0.3 is 5.32 Å². The van der Waals surface area contributed by atoms with Gasteiger partial charge in [0.05, 0.1) is 17.5 Å². The molecule has 2 saturated heterocycles. The molecule has 0 unspecified atom stereocenters. The number of halogens is 1. The second kappa shape index (κ2) is 5.97. The van der Waals surface area contributed by atoms with E-state index in [9.17, 15) is 18.8 Å². The van der Waals surface area contributed by atoms with E-state index in [1.807, 2.05) is 32.0 Å². The summed E-state index contributed by atoms with van der Waals surface area (Å²) < 4.78 is 13.4. The molecule has 3 heterocycles. The maximum Gasteiger partial charge on any atom is 0.250 e. The number of imide groups is 1. The largest absolute Gasteiger partial charge is 0.324 e. The Morgan fingerprint density at radius 3 is 2.38 bits per heavy atom. The van der Waals surface area contributed by atoms with Crippen LogP contribution in [0.4, 0.5) is 15.8 Å². The molecule has 0 aliphatic carbocycles. The highest BCUT2D eigenvalue weighted by molar-refractivity contribution is 6.25. The maximum atomic E-state index is 13.6. The molecule has 0 bridgehead atoms. The van der Waals surface area contributed by atoms with Crippen molar-refractivity contribution in [3.8, 4) is 0 Å². The number of hydrogen-bond donors (Lipinski definition) is 2. The molecule has 3 aliphatic heterocycles. The van der Waals surface area contributed by atoms with Crippen molar-refractivity contribution in [2.24, 2.45) is 17.8 Å². The average Bonchev–Trinajstić information content (AvgIpc) is 3.28. The van der Waals surface area contributed by atoms with E-state index in [2.05, 4.69) is 10.6 Å². The molecular formula is C22H20FN3O3. The van der Waals surface area contributed by atoms with Crippen molar-refractivity contribution >= 4 is 29.1 Å². The number of carbonyl (C=O) groups is 3. The summed E-state index contributed by atoms with van der Waals surface area (Å²) in [5, 5.41) is 6.24. The number of carbonyl (C=O) groups excluding carboxylic acids is 3. The second-order valence-corrected chi connectivity index (χ2v) is 8.21. The van der Waals surface area contributed by atoms with Gasteiger partial charge in [0.2, 0.25) is 17.7 Å². The Hall–Kier alpha value is -3.06. The van der Waals surface area contributed by atoms with Crippen molar-refractivity contribution in [3.63, 3.8) is 0 Å². The Kier molecular flexibility index (Phi) is 3.70. The lowest BCUT2D eigenvalue weighted by Crippen LogP contribution is -2.54. The lowest BCUT2D eigenvalue weighted by molar-refractivity contribution is -0.130. The first-order chi connectivity index (χ1) is 13.9. The third-order valence-electron chi connectivity index (χ3n) is 6.36. The zero-order valence-electron chi connectivity index (χ0n) is 16.0. The molecule has 29 heavy (non-hydrogen) atoms. The van der Waals surface area contributed by atoms with E-state index in [1.165, 1.54) is 24.3 Å². The summed E-state index contributed by atoms with van der Waals surface area (Å²) in [6.45, 7) is 3.93. The number of benzene rings is 2. The Labute approximate surface area is 167 Å². The van der Waals surface area contributed by atoms with Crippen LogP contribution in [0, 0.1) is 23.6 Å². The van der Waals surface area contributed by atoms with Gasteiger partial charge in [0.1, 0.15) is 11.4 Å². The van der Waals surface area contributed by atoms with Gasteiger partial charge >= 0.3 is 0 Å². The molecule has 0 aromatic heterocycles. The van der Waals surface area contributed by atoms with E-state index < -0.39 is 29.1 Å². The van der Waals surface area contributed by atoms with Gasteiger partial charge in [-0.2, -0.15) is 0 Å². The normalized spacial score (nSPS) is 30.3. The van der Waals surface area contributed by atoms with Crippen LogP contribution >= 0.6 is 0 Å². The molecule has 7 heteroatoms. The summed E-state index contributed by atoms with van der Waals surface area (Å²) in [4.78, 5) is 41.3. The third-order valence-corrected chi connectivity index (χ3v) is 6.36. The number of amides is 3. The Balaban J connectivity index is 1.68. The number of nitrogens with one attached hydrogen (secondary N) is 2. The first-order valence-electron chi connectivity index (χ1n) is 9.68. The highest BCUT2D eigenvalue weighted by Gasteiger charge is 2.70. The Bertz CT molecular complexity index is 1050. The zero-order valence-corrected chi connectivity index (χ0v) is 16.0. The van der Waals surface area contributed by atoms with Crippen LogP contribution in [0.5, 0.6) is 0 Å².